The second-order valence-electron chi connectivity index (χ2n) is 3.85. The fraction of sp³-hybridized carbons (Fsp3) is 0. The van der Waals surface area contributed by atoms with Crippen LogP contribution in [-0.4, -0.2) is 17.8 Å². The highest BCUT2D eigenvalue weighted by atomic mass is 127. The van der Waals surface area contributed by atoms with Gasteiger partial charge in [0.25, 0.3) is 10.0 Å². The first-order chi connectivity index (χ1) is 9.49. The van der Waals surface area contributed by atoms with Gasteiger partial charge in [0, 0.05) is 15.1 Å². The molecule has 0 saturated heterocycles. The molecule has 0 atom stereocenters. The molecular formula is C11H7ClIN3O2S2. The Kier molecular flexibility index (Phi) is 3.65. The maximum Gasteiger partial charge on any atom is 0.281 e. The number of rotatable bonds is 3. The lowest BCUT2D eigenvalue weighted by Gasteiger charge is -2.09. The molecule has 0 aliphatic rings. The summed E-state index contributed by atoms with van der Waals surface area (Å²) in [6.45, 7) is 0. The highest BCUT2D eigenvalue weighted by molar-refractivity contribution is 14.1. The maximum absolute atomic E-state index is 12.5. The van der Waals surface area contributed by atoms with Gasteiger partial charge in [0.1, 0.15) is 0 Å². The second kappa shape index (κ2) is 5.17. The van der Waals surface area contributed by atoms with Gasteiger partial charge in [0.2, 0.25) is 0 Å². The predicted octanol–water partition coefficient (Wildman–Crippen LogP) is 3.45. The number of aromatic nitrogens is 2. The van der Waals surface area contributed by atoms with E-state index in [1.807, 2.05) is 12.1 Å². The minimum Gasteiger partial charge on any atom is -0.278 e. The van der Waals surface area contributed by atoms with E-state index in [0.717, 1.165) is 3.57 Å². The molecule has 0 amide bonds. The smallest absolute Gasteiger partial charge is 0.278 e. The van der Waals surface area contributed by atoms with E-state index in [1.54, 1.807) is 23.7 Å². The van der Waals surface area contributed by atoms with Crippen molar-refractivity contribution in [1.29, 1.82) is 0 Å². The molecule has 1 aromatic carbocycles. The van der Waals surface area contributed by atoms with Crippen LogP contribution < -0.4 is 4.72 Å². The first-order valence-electron chi connectivity index (χ1n) is 5.37. The van der Waals surface area contributed by atoms with Gasteiger partial charge >= 0.3 is 0 Å². The number of nitrogens with zero attached hydrogens (tertiary/aromatic N) is 2. The molecule has 0 spiro atoms. The van der Waals surface area contributed by atoms with Crippen LogP contribution in [0.15, 0.2) is 40.9 Å². The number of para-hydroxylation sites is 1. The van der Waals surface area contributed by atoms with Gasteiger partial charge in [0.15, 0.2) is 15.1 Å². The predicted molar refractivity (Wildman–Crippen MR) is 88.0 cm³/mol. The third kappa shape index (κ3) is 2.41. The number of imidazole rings is 1. The van der Waals surface area contributed by atoms with Crippen molar-refractivity contribution in [2.45, 2.75) is 5.03 Å². The van der Waals surface area contributed by atoms with Crippen LogP contribution in [0.1, 0.15) is 0 Å². The van der Waals surface area contributed by atoms with Crippen molar-refractivity contribution in [1.82, 2.24) is 9.38 Å². The Balaban J connectivity index is 2.11. The molecule has 2 aromatic heterocycles. The Labute approximate surface area is 137 Å². The Morgan fingerprint density at radius 1 is 1.35 bits per heavy atom. The molecule has 0 aliphatic carbocycles. The highest BCUT2D eigenvalue weighted by Crippen LogP contribution is 2.28. The van der Waals surface area contributed by atoms with Crippen molar-refractivity contribution in [2.75, 3.05) is 4.72 Å². The van der Waals surface area contributed by atoms with E-state index in [9.17, 15) is 8.42 Å². The fourth-order valence-electron chi connectivity index (χ4n) is 1.72. The lowest BCUT2D eigenvalue weighted by molar-refractivity contribution is 0.596. The molecule has 3 rings (SSSR count). The lowest BCUT2D eigenvalue weighted by atomic mass is 10.3. The summed E-state index contributed by atoms with van der Waals surface area (Å²) in [4.78, 5) is 4.57. The molecule has 0 fully saturated rings. The van der Waals surface area contributed by atoms with Crippen LogP contribution >= 0.6 is 45.5 Å². The normalized spacial score (nSPS) is 11.9. The number of sulfonamides is 1. The zero-order valence-corrected chi connectivity index (χ0v) is 14.3. The van der Waals surface area contributed by atoms with Gasteiger partial charge in [-0.05, 0) is 34.7 Å². The number of benzene rings is 1. The first-order valence-corrected chi connectivity index (χ1v) is 9.19. The Bertz CT molecular complexity index is 888. The SMILES string of the molecule is O=S(=O)(Nc1ccccc1I)c1c(Cl)nc2sccn12. The molecule has 3 aromatic rings. The Hall–Kier alpha value is -0.840. The molecular weight excluding hydrogens is 433 g/mol. The van der Waals surface area contributed by atoms with E-state index in [1.165, 1.54) is 15.7 Å². The summed E-state index contributed by atoms with van der Waals surface area (Å²) in [5.74, 6) is 0. The molecule has 9 heteroatoms. The Morgan fingerprint density at radius 3 is 2.85 bits per heavy atom. The minimum absolute atomic E-state index is 0.0321. The quantitative estimate of drug-likeness (QED) is 0.636. The van der Waals surface area contributed by atoms with Crippen LogP contribution in [0.25, 0.3) is 4.96 Å². The van der Waals surface area contributed by atoms with Crippen LogP contribution in [0, 0.1) is 3.57 Å². The summed E-state index contributed by atoms with van der Waals surface area (Å²) in [6, 6.07) is 7.11. The number of nitrogens with one attached hydrogen (secondary N) is 1. The Morgan fingerprint density at radius 2 is 2.10 bits per heavy atom. The van der Waals surface area contributed by atoms with E-state index < -0.39 is 10.0 Å². The zero-order chi connectivity index (χ0) is 14.3. The van der Waals surface area contributed by atoms with E-state index in [2.05, 4.69) is 32.3 Å². The van der Waals surface area contributed by atoms with Crippen LogP contribution in [0.2, 0.25) is 5.15 Å². The topological polar surface area (TPSA) is 63.5 Å². The molecule has 0 bridgehead atoms. The van der Waals surface area contributed by atoms with E-state index >= 15 is 0 Å². The molecule has 20 heavy (non-hydrogen) atoms. The summed E-state index contributed by atoms with van der Waals surface area (Å²) >= 11 is 9.34. The van der Waals surface area contributed by atoms with Gasteiger partial charge in [-0.1, -0.05) is 23.7 Å². The third-order valence-electron chi connectivity index (χ3n) is 2.55. The monoisotopic (exact) mass is 439 g/mol. The van der Waals surface area contributed by atoms with Crippen LogP contribution in [0.5, 0.6) is 0 Å². The van der Waals surface area contributed by atoms with Crippen molar-refractivity contribution in [3.63, 3.8) is 0 Å². The molecule has 0 radical (unpaired) electrons. The standard InChI is InChI=1S/C11H7ClIN3O2S2/c12-9-10(16-5-6-19-11(16)14-9)20(17,18)15-8-4-2-1-3-7(8)13/h1-6,15H. The van der Waals surface area contributed by atoms with Gasteiger partial charge < -0.3 is 0 Å². The third-order valence-corrected chi connectivity index (χ3v) is 6.01. The van der Waals surface area contributed by atoms with Crippen molar-refractivity contribution in [3.05, 3.63) is 44.6 Å². The minimum atomic E-state index is -3.80. The van der Waals surface area contributed by atoms with E-state index in [-0.39, 0.29) is 10.2 Å². The van der Waals surface area contributed by atoms with E-state index in [0.29, 0.717) is 10.6 Å². The average Bonchev–Trinajstić information content (AvgIpc) is 2.91. The number of thiazole rings is 1. The maximum atomic E-state index is 12.5. The molecule has 1 N–H and O–H groups in total. The molecule has 2 heterocycles. The number of fused-ring (bicyclic) bond motifs is 1. The molecule has 5 nitrogen and oxygen atoms in total. The van der Waals surface area contributed by atoms with Gasteiger partial charge in [-0.2, -0.15) is 8.42 Å². The van der Waals surface area contributed by atoms with Crippen LogP contribution in [0.3, 0.4) is 0 Å². The summed E-state index contributed by atoms with van der Waals surface area (Å²) in [5, 5.41) is 1.68. The summed E-state index contributed by atoms with van der Waals surface area (Å²) in [7, 11) is -3.80. The fourth-order valence-corrected chi connectivity index (χ4v) is 4.96. The number of anilines is 1. The van der Waals surface area contributed by atoms with Gasteiger partial charge in [-0.15, -0.1) is 11.3 Å². The largest absolute Gasteiger partial charge is 0.281 e. The summed E-state index contributed by atoms with van der Waals surface area (Å²) < 4.78 is 29.8. The van der Waals surface area contributed by atoms with Crippen molar-refractivity contribution in [3.8, 4) is 0 Å². The van der Waals surface area contributed by atoms with Gasteiger partial charge in [-0.3, -0.25) is 9.12 Å². The lowest BCUT2D eigenvalue weighted by Crippen LogP contribution is -2.16. The van der Waals surface area contributed by atoms with E-state index in [4.69, 9.17) is 11.6 Å². The summed E-state index contributed by atoms with van der Waals surface area (Å²) in [6.07, 6.45) is 1.63. The molecule has 0 aliphatic heterocycles. The molecule has 0 unspecified atom stereocenters. The van der Waals surface area contributed by atoms with Gasteiger partial charge in [-0.25, -0.2) is 4.98 Å². The first kappa shape index (κ1) is 14.1. The number of hydrogen-bond acceptors (Lipinski definition) is 4. The number of hydrogen-bond donors (Lipinski definition) is 1. The van der Waals surface area contributed by atoms with Gasteiger partial charge in [0.05, 0.1) is 5.69 Å². The molecule has 104 valence electrons. The molecule has 0 saturated carbocycles. The second-order valence-corrected chi connectivity index (χ2v) is 7.84. The average molecular weight is 440 g/mol. The summed E-state index contributed by atoms with van der Waals surface area (Å²) in [5.41, 5.74) is 0.509. The zero-order valence-electron chi connectivity index (χ0n) is 9.75. The highest BCUT2D eigenvalue weighted by Gasteiger charge is 2.25. The van der Waals surface area contributed by atoms with Crippen molar-refractivity contribution in [2.24, 2.45) is 0 Å². The van der Waals surface area contributed by atoms with Crippen LogP contribution in [0.4, 0.5) is 5.69 Å². The van der Waals surface area contributed by atoms with Crippen molar-refractivity contribution >= 4 is 66.2 Å². The van der Waals surface area contributed by atoms with Crippen molar-refractivity contribution < 1.29 is 8.42 Å². The van der Waals surface area contributed by atoms with Crippen LogP contribution in [-0.2, 0) is 10.0 Å². The number of halogens is 2.